The molecule has 2 aliphatic heterocycles. The highest BCUT2D eigenvalue weighted by Gasteiger charge is 2.33. The summed E-state index contributed by atoms with van der Waals surface area (Å²) in [6.07, 6.45) is -0.436. The van der Waals surface area contributed by atoms with E-state index in [0.29, 0.717) is 62.2 Å². The number of amides is 1. The number of hydrogen-bond acceptors (Lipinski definition) is 8. The maximum absolute atomic E-state index is 13.4. The molecule has 0 saturated carbocycles. The standard InChI is InChI=1S/C28H36F3N7O3/c1-26(2,3)41-25(39)37-12-8-20(9-13-37)38-22-21(17-32-23(35-22)36-27(4)10-14-40-15-11-27)34-24(38)33-19-7-5-6-18(16-19)28(29,30)31/h5-7,16-17,20H,8-15H2,1-4H3,(H,33,34)(H,32,35,36). The Labute approximate surface area is 236 Å². The van der Waals surface area contributed by atoms with Crippen molar-refractivity contribution in [1.82, 2.24) is 24.4 Å². The van der Waals surface area contributed by atoms with Crippen LogP contribution in [0.1, 0.15) is 65.0 Å². The number of imidazole rings is 1. The molecule has 0 radical (unpaired) electrons. The summed E-state index contributed by atoms with van der Waals surface area (Å²) in [4.78, 5) is 28.3. The van der Waals surface area contributed by atoms with Crippen LogP contribution in [0.15, 0.2) is 30.5 Å². The minimum absolute atomic E-state index is 0.117. The summed E-state index contributed by atoms with van der Waals surface area (Å²) >= 11 is 0. The Morgan fingerprint density at radius 1 is 1.12 bits per heavy atom. The van der Waals surface area contributed by atoms with Crippen molar-refractivity contribution >= 4 is 34.8 Å². The number of halogens is 3. The first-order valence-electron chi connectivity index (χ1n) is 13.8. The van der Waals surface area contributed by atoms with E-state index in [1.54, 1.807) is 17.2 Å². The molecular weight excluding hydrogens is 539 g/mol. The Kier molecular flexibility index (Phi) is 7.75. The summed E-state index contributed by atoms with van der Waals surface area (Å²) < 4.78 is 53.1. The minimum Gasteiger partial charge on any atom is -0.444 e. The molecule has 222 valence electrons. The second kappa shape index (κ2) is 11.0. The van der Waals surface area contributed by atoms with E-state index in [-0.39, 0.29) is 23.4 Å². The van der Waals surface area contributed by atoms with Gasteiger partial charge in [-0.2, -0.15) is 18.2 Å². The lowest BCUT2D eigenvalue weighted by Crippen LogP contribution is -2.42. The van der Waals surface area contributed by atoms with Gasteiger partial charge in [-0.1, -0.05) is 6.07 Å². The van der Waals surface area contributed by atoms with E-state index >= 15 is 0 Å². The summed E-state index contributed by atoms with van der Waals surface area (Å²) in [7, 11) is 0. The predicted octanol–water partition coefficient (Wildman–Crippen LogP) is 6.14. The van der Waals surface area contributed by atoms with Gasteiger partial charge in [0.05, 0.1) is 11.8 Å². The second-order valence-electron chi connectivity index (χ2n) is 11.9. The molecule has 13 heteroatoms. The van der Waals surface area contributed by atoms with Crippen molar-refractivity contribution in [1.29, 1.82) is 0 Å². The van der Waals surface area contributed by atoms with Gasteiger partial charge in [-0.25, -0.2) is 14.8 Å². The Balaban J connectivity index is 1.46. The van der Waals surface area contributed by atoms with E-state index in [1.165, 1.54) is 6.07 Å². The van der Waals surface area contributed by atoms with Crippen molar-refractivity contribution in [2.24, 2.45) is 0 Å². The predicted molar refractivity (Wildman–Crippen MR) is 148 cm³/mol. The molecule has 2 N–H and O–H groups in total. The molecule has 41 heavy (non-hydrogen) atoms. The van der Waals surface area contributed by atoms with E-state index in [9.17, 15) is 18.0 Å². The number of anilines is 3. The number of fused-ring (bicyclic) bond motifs is 1. The number of likely N-dealkylation sites (tertiary alicyclic amines) is 1. The summed E-state index contributed by atoms with van der Waals surface area (Å²) in [5.74, 6) is 0.804. The summed E-state index contributed by atoms with van der Waals surface area (Å²) in [6, 6.07) is 4.89. The molecule has 4 heterocycles. The van der Waals surface area contributed by atoms with Gasteiger partial charge in [-0.05, 0) is 71.6 Å². The number of nitrogens with zero attached hydrogens (tertiary/aromatic N) is 5. The van der Waals surface area contributed by atoms with E-state index in [1.807, 2.05) is 25.3 Å². The minimum atomic E-state index is -4.47. The van der Waals surface area contributed by atoms with Crippen LogP contribution in [0.25, 0.3) is 11.2 Å². The number of rotatable bonds is 5. The second-order valence-corrected chi connectivity index (χ2v) is 11.9. The van der Waals surface area contributed by atoms with Gasteiger partial charge in [0.15, 0.2) is 5.65 Å². The molecule has 2 saturated heterocycles. The third kappa shape index (κ3) is 6.83. The van der Waals surface area contributed by atoms with Crippen LogP contribution in [0.3, 0.4) is 0 Å². The van der Waals surface area contributed by atoms with Gasteiger partial charge < -0.3 is 25.0 Å². The first-order valence-corrected chi connectivity index (χ1v) is 13.8. The molecule has 2 aliphatic rings. The van der Waals surface area contributed by atoms with Crippen LogP contribution in [-0.4, -0.2) is 68.0 Å². The van der Waals surface area contributed by atoms with Gasteiger partial charge in [0.2, 0.25) is 11.9 Å². The van der Waals surface area contributed by atoms with Crippen LogP contribution < -0.4 is 10.6 Å². The molecule has 0 unspecified atom stereocenters. The van der Waals surface area contributed by atoms with E-state index in [4.69, 9.17) is 14.5 Å². The fourth-order valence-electron chi connectivity index (χ4n) is 5.14. The topological polar surface area (TPSA) is 106 Å². The molecule has 3 aromatic rings. The third-order valence-electron chi connectivity index (χ3n) is 7.37. The SMILES string of the molecule is CC1(Nc2ncc3nc(Nc4cccc(C(F)(F)F)c4)n(C4CCN(C(=O)OC(C)(C)C)CC4)c3n2)CCOCC1. The van der Waals surface area contributed by atoms with Crippen LogP contribution in [0.5, 0.6) is 0 Å². The van der Waals surface area contributed by atoms with Crippen LogP contribution in [0, 0.1) is 0 Å². The summed E-state index contributed by atoms with van der Waals surface area (Å²) in [5, 5.41) is 6.54. The van der Waals surface area contributed by atoms with Crippen molar-refractivity contribution in [3.8, 4) is 0 Å². The quantitative estimate of drug-likeness (QED) is 0.374. The fraction of sp³-hybridized carbons (Fsp3) is 0.571. The van der Waals surface area contributed by atoms with Gasteiger partial charge >= 0.3 is 12.3 Å². The first kappa shape index (κ1) is 28.9. The Morgan fingerprint density at radius 2 is 1.83 bits per heavy atom. The Bertz CT molecular complexity index is 1390. The van der Waals surface area contributed by atoms with Gasteiger partial charge in [0, 0.05) is 43.6 Å². The first-order chi connectivity index (χ1) is 19.3. The van der Waals surface area contributed by atoms with Gasteiger partial charge in [0.1, 0.15) is 11.1 Å². The van der Waals surface area contributed by atoms with Gasteiger partial charge in [0.25, 0.3) is 0 Å². The number of piperidine rings is 1. The highest BCUT2D eigenvalue weighted by molar-refractivity contribution is 5.77. The van der Waals surface area contributed by atoms with E-state index in [2.05, 4.69) is 27.5 Å². The largest absolute Gasteiger partial charge is 0.444 e. The zero-order chi connectivity index (χ0) is 29.4. The number of ether oxygens (including phenoxy) is 2. The number of hydrogen-bond donors (Lipinski definition) is 2. The molecule has 0 atom stereocenters. The molecule has 10 nitrogen and oxygen atoms in total. The molecule has 0 spiro atoms. The lowest BCUT2D eigenvalue weighted by atomic mass is 9.93. The molecule has 5 rings (SSSR count). The van der Waals surface area contributed by atoms with Crippen LogP contribution in [0.2, 0.25) is 0 Å². The van der Waals surface area contributed by atoms with Crippen molar-refractivity contribution in [2.45, 2.75) is 76.7 Å². The lowest BCUT2D eigenvalue weighted by molar-refractivity contribution is -0.137. The van der Waals surface area contributed by atoms with Crippen molar-refractivity contribution in [2.75, 3.05) is 36.9 Å². The smallest absolute Gasteiger partial charge is 0.416 e. The van der Waals surface area contributed by atoms with Crippen LogP contribution in [-0.2, 0) is 15.7 Å². The molecular formula is C28H36F3N7O3. The summed E-state index contributed by atoms with van der Waals surface area (Å²) in [5.41, 5.74) is -0.262. The molecule has 0 bridgehead atoms. The highest BCUT2D eigenvalue weighted by Crippen LogP contribution is 2.35. The van der Waals surface area contributed by atoms with Crippen molar-refractivity contribution in [3.05, 3.63) is 36.0 Å². The highest BCUT2D eigenvalue weighted by atomic mass is 19.4. The zero-order valence-electron chi connectivity index (χ0n) is 23.7. The number of carbonyl (C=O) groups excluding carboxylic acids is 1. The maximum Gasteiger partial charge on any atom is 0.416 e. The average Bonchev–Trinajstić information content (AvgIpc) is 3.24. The van der Waals surface area contributed by atoms with Crippen LogP contribution >= 0.6 is 0 Å². The third-order valence-corrected chi connectivity index (χ3v) is 7.37. The number of nitrogens with one attached hydrogen (secondary N) is 2. The maximum atomic E-state index is 13.4. The number of carbonyl (C=O) groups is 1. The number of benzene rings is 1. The Morgan fingerprint density at radius 3 is 2.49 bits per heavy atom. The van der Waals surface area contributed by atoms with E-state index in [0.717, 1.165) is 25.0 Å². The molecule has 2 fully saturated rings. The zero-order valence-corrected chi connectivity index (χ0v) is 23.7. The van der Waals surface area contributed by atoms with Crippen LogP contribution in [0.4, 0.5) is 35.5 Å². The Hall–Kier alpha value is -3.61. The lowest BCUT2D eigenvalue weighted by Gasteiger charge is -2.35. The molecule has 0 aliphatic carbocycles. The number of aromatic nitrogens is 4. The van der Waals surface area contributed by atoms with Crippen molar-refractivity contribution in [3.63, 3.8) is 0 Å². The fourth-order valence-corrected chi connectivity index (χ4v) is 5.14. The molecule has 2 aromatic heterocycles. The normalized spacial score (nSPS) is 18.4. The monoisotopic (exact) mass is 575 g/mol. The van der Waals surface area contributed by atoms with Gasteiger partial charge in [-0.3, -0.25) is 4.57 Å². The van der Waals surface area contributed by atoms with Crippen molar-refractivity contribution < 1.29 is 27.4 Å². The average molecular weight is 576 g/mol. The van der Waals surface area contributed by atoms with Gasteiger partial charge in [-0.15, -0.1) is 0 Å². The van der Waals surface area contributed by atoms with E-state index < -0.39 is 17.3 Å². The number of alkyl halides is 3. The summed E-state index contributed by atoms with van der Waals surface area (Å²) in [6.45, 7) is 9.78. The molecule has 1 amide bonds. The molecule has 1 aromatic carbocycles.